The second-order valence-corrected chi connectivity index (χ2v) is 9.24. The third kappa shape index (κ3) is 3.26. The zero-order valence-electron chi connectivity index (χ0n) is 14.8. The molecular formula is C20H20ClFN2O2S. The molecule has 7 heteroatoms. The van der Waals surface area contributed by atoms with Crippen molar-refractivity contribution in [2.24, 2.45) is 0 Å². The Kier molecular flexibility index (Phi) is 4.74. The summed E-state index contributed by atoms with van der Waals surface area (Å²) in [6, 6.07) is 10.4. The Balaban J connectivity index is 1.89. The highest BCUT2D eigenvalue weighted by molar-refractivity contribution is 7.90. The van der Waals surface area contributed by atoms with Crippen LogP contribution in [0, 0.1) is 5.82 Å². The van der Waals surface area contributed by atoms with Crippen LogP contribution in [0.5, 0.6) is 0 Å². The fourth-order valence-electron chi connectivity index (χ4n) is 3.83. The van der Waals surface area contributed by atoms with Crippen LogP contribution in [0.2, 0.25) is 5.02 Å². The van der Waals surface area contributed by atoms with Crippen molar-refractivity contribution in [2.45, 2.75) is 36.6 Å². The smallest absolute Gasteiger partial charge is 0.268 e. The van der Waals surface area contributed by atoms with Crippen LogP contribution in [-0.4, -0.2) is 25.0 Å². The molecule has 1 aromatic heterocycles. The lowest BCUT2D eigenvalue weighted by atomic mass is 9.92. The topological polar surface area (TPSA) is 51.1 Å². The lowest BCUT2D eigenvalue weighted by Crippen LogP contribution is -2.27. The van der Waals surface area contributed by atoms with Crippen molar-refractivity contribution in [1.29, 1.82) is 0 Å². The lowest BCUT2D eigenvalue weighted by molar-refractivity contribution is 0.519. The number of hydrogen-bond acceptors (Lipinski definition) is 3. The first kappa shape index (κ1) is 18.5. The number of fused-ring (bicyclic) bond motifs is 1. The molecule has 0 spiro atoms. The van der Waals surface area contributed by atoms with Crippen molar-refractivity contribution in [3.63, 3.8) is 0 Å². The summed E-state index contributed by atoms with van der Waals surface area (Å²) in [4.78, 5) is 0.0499. The van der Waals surface area contributed by atoms with Crippen LogP contribution in [-0.2, 0) is 10.0 Å². The monoisotopic (exact) mass is 406 g/mol. The predicted molar refractivity (Wildman–Crippen MR) is 105 cm³/mol. The maximum absolute atomic E-state index is 13.2. The maximum Gasteiger partial charge on any atom is 0.268 e. The van der Waals surface area contributed by atoms with Crippen molar-refractivity contribution < 1.29 is 12.8 Å². The van der Waals surface area contributed by atoms with Crippen LogP contribution in [0.1, 0.15) is 31.2 Å². The Morgan fingerprint density at radius 2 is 1.96 bits per heavy atom. The van der Waals surface area contributed by atoms with Gasteiger partial charge in [0.1, 0.15) is 5.82 Å². The highest BCUT2D eigenvalue weighted by Crippen LogP contribution is 2.35. The molecule has 3 aromatic rings. The van der Waals surface area contributed by atoms with Gasteiger partial charge in [0.2, 0.25) is 0 Å². The molecule has 1 saturated heterocycles. The minimum atomic E-state index is -3.84. The van der Waals surface area contributed by atoms with Gasteiger partial charge in [-0.2, -0.15) is 0 Å². The van der Waals surface area contributed by atoms with Crippen molar-refractivity contribution in [1.82, 2.24) is 9.29 Å². The van der Waals surface area contributed by atoms with Gasteiger partial charge in [0.25, 0.3) is 10.0 Å². The Hall–Kier alpha value is -1.89. The van der Waals surface area contributed by atoms with Crippen LogP contribution in [0.25, 0.3) is 10.9 Å². The van der Waals surface area contributed by atoms with Gasteiger partial charge in [0, 0.05) is 22.6 Å². The third-order valence-electron chi connectivity index (χ3n) is 5.33. The molecule has 0 amide bonds. The van der Waals surface area contributed by atoms with E-state index in [0.717, 1.165) is 42.5 Å². The molecule has 2 atom stereocenters. The van der Waals surface area contributed by atoms with Gasteiger partial charge < -0.3 is 5.32 Å². The first-order valence-corrected chi connectivity index (χ1v) is 10.7. The van der Waals surface area contributed by atoms with Gasteiger partial charge in [-0.25, -0.2) is 16.8 Å². The highest BCUT2D eigenvalue weighted by atomic mass is 35.5. The molecule has 0 saturated carbocycles. The Bertz CT molecular complexity index is 1090. The average Bonchev–Trinajstić information content (AvgIpc) is 3.29. The molecule has 4 nitrogen and oxygen atoms in total. The van der Waals surface area contributed by atoms with Crippen molar-refractivity contribution >= 4 is 32.5 Å². The van der Waals surface area contributed by atoms with Gasteiger partial charge in [-0.15, -0.1) is 0 Å². The van der Waals surface area contributed by atoms with E-state index in [-0.39, 0.29) is 10.8 Å². The summed E-state index contributed by atoms with van der Waals surface area (Å²) in [5, 5.41) is 4.88. The van der Waals surface area contributed by atoms with Gasteiger partial charge in [-0.05, 0) is 73.3 Å². The molecule has 1 aliphatic heterocycles. The molecule has 0 aliphatic carbocycles. The van der Waals surface area contributed by atoms with Crippen molar-refractivity contribution in [2.75, 3.05) is 6.54 Å². The number of halogens is 2. The summed E-state index contributed by atoms with van der Waals surface area (Å²) in [6.07, 6.45) is 3.85. The summed E-state index contributed by atoms with van der Waals surface area (Å²) in [6.45, 7) is 3.08. The average molecular weight is 407 g/mol. The number of aromatic nitrogens is 1. The molecule has 142 valence electrons. The first-order chi connectivity index (χ1) is 12.9. The zero-order chi connectivity index (χ0) is 19.2. The number of rotatable bonds is 4. The molecule has 4 rings (SSSR count). The van der Waals surface area contributed by atoms with E-state index >= 15 is 0 Å². The fraction of sp³-hybridized carbons (Fsp3) is 0.300. The summed E-state index contributed by atoms with van der Waals surface area (Å²) in [5.74, 6) is -0.335. The van der Waals surface area contributed by atoms with E-state index in [9.17, 15) is 12.8 Å². The minimum absolute atomic E-state index is 0.0499. The molecular weight excluding hydrogens is 387 g/mol. The fourth-order valence-corrected chi connectivity index (χ4v) is 5.38. The van der Waals surface area contributed by atoms with Crippen molar-refractivity contribution in [3.05, 3.63) is 65.1 Å². The van der Waals surface area contributed by atoms with Crippen LogP contribution < -0.4 is 5.32 Å². The van der Waals surface area contributed by atoms with Gasteiger partial charge in [-0.3, -0.25) is 0 Å². The van der Waals surface area contributed by atoms with E-state index < -0.39 is 15.8 Å². The summed E-state index contributed by atoms with van der Waals surface area (Å²) in [7, 11) is -3.84. The predicted octanol–water partition coefficient (Wildman–Crippen LogP) is 4.53. The van der Waals surface area contributed by atoms with E-state index in [1.54, 1.807) is 18.3 Å². The molecule has 2 unspecified atom stereocenters. The van der Waals surface area contributed by atoms with Crippen molar-refractivity contribution in [3.8, 4) is 0 Å². The Labute approximate surface area is 163 Å². The summed E-state index contributed by atoms with van der Waals surface area (Å²) < 4.78 is 40.9. The Morgan fingerprint density at radius 3 is 2.63 bits per heavy atom. The van der Waals surface area contributed by atoms with Gasteiger partial charge >= 0.3 is 0 Å². The van der Waals surface area contributed by atoms with Crippen LogP contribution in [0.3, 0.4) is 0 Å². The number of benzene rings is 2. The van der Waals surface area contributed by atoms with E-state index in [1.165, 1.54) is 16.1 Å². The van der Waals surface area contributed by atoms with E-state index in [1.807, 2.05) is 6.07 Å². The number of nitrogens with one attached hydrogen (secondary N) is 1. The quantitative estimate of drug-likeness (QED) is 0.692. The summed E-state index contributed by atoms with van der Waals surface area (Å²) >= 11 is 6.20. The number of hydrogen-bond donors (Lipinski definition) is 1. The van der Waals surface area contributed by atoms with Gasteiger partial charge in [0.15, 0.2) is 0 Å². The molecule has 0 radical (unpaired) electrons. The molecule has 2 heterocycles. The molecule has 0 bridgehead atoms. The van der Waals surface area contributed by atoms with E-state index in [4.69, 9.17) is 11.6 Å². The summed E-state index contributed by atoms with van der Waals surface area (Å²) in [5.41, 5.74) is 1.51. The second-order valence-electron chi connectivity index (χ2n) is 6.99. The lowest BCUT2D eigenvalue weighted by Gasteiger charge is -2.19. The molecule has 1 fully saturated rings. The SMILES string of the molecule is CC(c1cn(S(=O)(=O)c2ccc(F)cc2)c2ccc(Cl)cc12)C1CCCN1. The van der Waals surface area contributed by atoms with Gasteiger partial charge in [-0.1, -0.05) is 18.5 Å². The van der Waals surface area contributed by atoms with Crippen LogP contribution >= 0.6 is 11.6 Å². The first-order valence-electron chi connectivity index (χ1n) is 8.93. The molecule has 27 heavy (non-hydrogen) atoms. The minimum Gasteiger partial charge on any atom is -0.313 e. The molecule has 1 aliphatic rings. The molecule has 2 aromatic carbocycles. The third-order valence-corrected chi connectivity index (χ3v) is 7.25. The Morgan fingerprint density at radius 1 is 1.22 bits per heavy atom. The highest BCUT2D eigenvalue weighted by Gasteiger charge is 2.28. The van der Waals surface area contributed by atoms with Crippen LogP contribution in [0.4, 0.5) is 4.39 Å². The zero-order valence-corrected chi connectivity index (χ0v) is 16.4. The van der Waals surface area contributed by atoms with Gasteiger partial charge in [0.05, 0.1) is 10.4 Å². The second kappa shape index (κ2) is 6.93. The largest absolute Gasteiger partial charge is 0.313 e. The van der Waals surface area contributed by atoms with E-state index in [2.05, 4.69) is 12.2 Å². The number of nitrogens with zero attached hydrogens (tertiary/aromatic N) is 1. The van der Waals surface area contributed by atoms with Crippen LogP contribution in [0.15, 0.2) is 53.6 Å². The standard InChI is InChI=1S/C20H20ClFN2O2S/c1-13(19-3-2-10-23-19)18-12-24(20-9-4-14(21)11-17(18)20)27(25,26)16-7-5-15(22)6-8-16/h4-9,11-13,19,23H,2-3,10H2,1H3. The molecule has 1 N–H and O–H groups in total. The maximum atomic E-state index is 13.2. The van der Waals surface area contributed by atoms with E-state index in [0.29, 0.717) is 16.6 Å². The normalized spacial score (nSPS) is 18.9.